The summed E-state index contributed by atoms with van der Waals surface area (Å²) in [4.78, 5) is 2.66. The number of piperidine rings is 1. The summed E-state index contributed by atoms with van der Waals surface area (Å²) in [5, 5.41) is 3.57. The largest absolute Gasteiger partial charge is 0.316 e. The molecule has 2 aliphatic rings. The zero-order valence-corrected chi connectivity index (χ0v) is 12.9. The number of nitrogens with one attached hydrogen (secondary N) is 1. The minimum Gasteiger partial charge on any atom is -0.316 e. The summed E-state index contributed by atoms with van der Waals surface area (Å²) in [5.41, 5.74) is 1.09. The van der Waals surface area contributed by atoms with E-state index in [9.17, 15) is 0 Å². The van der Waals surface area contributed by atoms with Crippen LogP contribution in [-0.4, -0.2) is 37.6 Å². The lowest BCUT2D eigenvalue weighted by Crippen LogP contribution is -2.48. The Hall–Kier alpha value is -0.0800. The predicted octanol–water partition coefficient (Wildman–Crippen LogP) is 3.28. The van der Waals surface area contributed by atoms with Crippen molar-refractivity contribution in [2.24, 2.45) is 10.8 Å². The SMILES string of the molecule is CN(CC1(C)CCCNC1)C1CCC(C)(C)CC1. The van der Waals surface area contributed by atoms with Crippen molar-refractivity contribution in [1.82, 2.24) is 10.2 Å². The first-order valence-corrected chi connectivity index (χ1v) is 7.81. The first-order chi connectivity index (χ1) is 8.40. The Labute approximate surface area is 114 Å². The molecule has 2 fully saturated rings. The molecule has 0 bridgehead atoms. The first-order valence-electron chi connectivity index (χ1n) is 7.81. The van der Waals surface area contributed by atoms with Gasteiger partial charge in [0.1, 0.15) is 0 Å². The number of hydrogen-bond donors (Lipinski definition) is 1. The van der Waals surface area contributed by atoms with E-state index in [2.05, 4.69) is 38.0 Å². The zero-order chi connectivity index (χ0) is 13.2. The molecular formula is C16H32N2. The van der Waals surface area contributed by atoms with Crippen molar-refractivity contribution in [3.8, 4) is 0 Å². The summed E-state index contributed by atoms with van der Waals surface area (Å²) in [7, 11) is 2.35. The molecule has 0 spiro atoms. The summed E-state index contributed by atoms with van der Waals surface area (Å²) in [6.07, 6.45) is 8.33. The van der Waals surface area contributed by atoms with Gasteiger partial charge in [0.15, 0.2) is 0 Å². The van der Waals surface area contributed by atoms with Crippen LogP contribution in [0.15, 0.2) is 0 Å². The summed E-state index contributed by atoms with van der Waals surface area (Å²) in [5.74, 6) is 0. The Morgan fingerprint density at radius 3 is 2.33 bits per heavy atom. The molecule has 2 rings (SSSR count). The highest BCUT2D eigenvalue weighted by Crippen LogP contribution is 2.37. The maximum absolute atomic E-state index is 3.57. The molecule has 0 amide bonds. The maximum atomic E-state index is 3.57. The van der Waals surface area contributed by atoms with Gasteiger partial charge in [-0.1, -0.05) is 20.8 Å². The molecule has 0 aromatic carbocycles. The monoisotopic (exact) mass is 252 g/mol. The quantitative estimate of drug-likeness (QED) is 0.829. The van der Waals surface area contributed by atoms with E-state index in [-0.39, 0.29) is 0 Å². The number of rotatable bonds is 3. The van der Waals surface area contributed by atoms with Crippen molar-refractivity contribution in [2.75, 3.05) is 26.7 Å². The van der Waals surface area contributed by atoms with E-state index in [1.165, 1.54) is 58.2 Å². The standard InChI is InChI=1S/C16H32N2/c1-15(2)9-6-14(7-10-15)18(4)13-16(3)8-5-11-17-12-16/h14,17H,5-13H2,1-4H3. The van der Waals surface area contributed by atoms with E-state index in [0.717, 1.165) is 6.04 Å². The molecule has 1 heterocycles. The minimum atomic E-state index is 0.500. The van der Waals surface area contributed by atoms with E-state index in [4.69, 9.17) is 0 Å². The van der Waals surface area contributed by atoms with Gasteiger partial charge in [-0.2, -0.15) is 0 Å². The molecule has 2 nitrogen and oxygen atoms in total. The Balaban J connectivity index is 1.82. The maximum Gasteiger partial charge on any atom is 0.00928 e. The predicted molar refractivity (Wildman–Crippen MR) is 78.9 cm³/mol. The molecule has 1 aliphatic carbocycles. The highest BCUT2D eigenvalue weighted by Gasteiger charge is 2.33. The highest BCUT2D eigenvalue weighted by atomic mass is 15.1. The summed E-state index contributed by atoms with van der Waals surface area (Å²) in [6.45, 7) is 11.0. The normalized spacial score (nSPS) is 33.8. The van der Waals surface area contributed by atoms with Crippen LogP contribution in [0.25, 0.3) is 0 Å². The van der Waals surface area contributed by atoms with Gasteiger partial charge in [-0.05, 0) is 62.9 Å². The summed E-state index contributed by atoms with van der Waals surface area (Å²) < 4.78 is 0. The van der Waals surface area contributed by atoms with Gasteiger partial charge in [-0.15, -0.1) is 0 Å². The lowest BCUT2D eigenvalue weighted by atomic mass is 9.74. The van der Waals surface area contributed by atoms with E-state index >= 15 is 0 Å². The second-order valence-electron chi connectivity index (χ2n) is 7.90. The molecule has 0 radical (unpaired) electrons. The van der Waals surface area contributed by atoms with E-state index in [0.29, 0.717) is 10.8 Å². The van der Waals surface area contributed by atoms with Crippen molar-refractivity contribution in [3.63, 3.8) is 0 Å². The van der Waals surface area contributed by atoms with Crippen molar-refractivity contribution in [1.29, 1.82) is 0 Å². The summed E-state index contributed by atoms with van der Waals surface area (Å²) >= 11 is 0. The Bertz CT molecular complexity index is 256. The van der Waals surface area contributed by atoms with E-state index in [1.807, 2.05) is 0 Å². The average molecular weight is 252 g/mol. The Kier molecular flexibility index (Phi) is 4.38. The van der Waals surface area contributed by atoms with Gasteiger partial charge >= 0.3 is 0 Å². The molecule has 106 valence electrons. The van der Waals surface area contributed by atoms with E-state index < -0.39 is 0 Å². The van der Waals surface area contributed by atoms with Gasteiger partial charge in [-0.25, -0.2) is 0 Å². The molecule has 2 heteroatoms. The van der Waals surface area contributed by atoms with E-state index in [1.54, 1.807) is 0 Å². The van der Waals surface area contributed by atoms with Crippen LogP contribution in [0, 0.1) is 10.8 Å². The van der Waals surface area contributed by atoms with Crippen LogP contribution in [0.4, 0.5) is 0 Å². The Morgan fingerprint density at radius 1 is 1.11 bits per heavy atom. The van der Waals surface area contributed by atoms with Gasteiger partial charge in [0, 0.05) is 19.1 Å². The van der Waals surface area contributed by atoms with Gasteiger partial charge in [0.25, 0.3) is 0 Å². The lowest BCUT2D eigenvalue weighted by Gasteiger charge is -2.43. The van der Waals surface area contributed by atoms with Crippen molar-refractivity contribution in [3.05, 3.63) is 0 Å². The smallest absolute Gasteiger partial charge is 0.00928 e. The van der Waals surface area contributed by atoms with Crippen molar-refractivity contribution >= 4 is 0 Å². The van der Waals surface area contributed by atoms with Gasteiger partial charge < -0.3 is 10.2 Å². The number of hydrogen-bond acceptors (Lipinski definition) is 2. The molecule has 1 aliphatic heterocycles. The van der Waals surface area contributed by atoms with Gasteiger partial charge in [0.2, 0.25) is 0 Å². The van der Waals surface area contributed by atoms with Crippen LogP contribution in [0.5, 0.6) is 0 Å². The third kappa shape index (κ3) is 3.71. The zero-order valence-electron chi connectivity index (χ0n) is 12.9. The molecule has 1 unspecified atom stereocenters. The molecule has 0 aromatic heterocycles. The van der Waals surface area contributed by atoms with Crippen LogP contribution >= 0.6 is 0 Å². The minimum absolute atomic E-state index is 0.500. The third-order valence-electron chi connectivity index (χ3n) is 5.25. The third-order valence-corrected chi connectivity index (χ3v) is 5.25. The first kappa shape index (κ1) is 14.3. The van der Waals surface area contributed by atoms with Crippen LogP contribution in [-0.2, 0) is 0 Å². The molecule has 1 N–H and O–H groups in total. The molecule has 0 aromatic rings. The van der Waals surface area contributed by atoms with Gasteiger partial charge in [-0.3, -0.25) is 0 Å². The van der Waals surface area contributed by atoms with Crippen LogP contribution < -0.4 is 5.32 Å². The second kappa shape index (κ2) is 5.50. The lowest BCUT2D eigenvalue weighted by molar-refractivity contribution is 0.0781. The van der Waals surface area contributed by atoms with Crippen LogP contribution in [0.3, 0.4) is 0 Å². The average Bonchev–Trinajstić information content (AvgIpc) is 2.29. The topological polar surface area (TPSA) is 15.3 Å². The molecule has 1 saturated heterocycles. The molecule has 18 heavy (non-hydrogen) atoms. The second-order valence-corrected chi connectivity index (χ2v) is 7.90. The number of nitrogens with zero attached hydrogens (tertiary/aromatic N) is 1. The fraction of sp³-hybridized carbons (Fsp3) is 1.00. The molecule has 1 atom stereocenters. The fourth-order valence-electron chi connectivity index (χ4n) is 3.81. The molecule has 1 saturated carbocycles. The van der Waals surface area contributed by atoms with Crippen molar-refractivity contribution < 1.29 is 0 Å². The van der Waals surface area contributed by atoms with Crippen LogP contribution in [0.2, 0.25) is 0 Å². The van der Waals surface area contributed by atoms with Crippen molar-refractivity contribution in [2.45, 2.75) is 65.3 Å². The highest BCUT2D eigenvalue weighted by molar-refractivity contribution is 4.88. The van der Waals surface area contributed by atoms with Crippen LogP contribution in [0.1, 0.15) is 59.3 Å². The molecular weight excluding hydrogens is 220 g/mol. The summed E-state index contributed by atoms with van der Waals surface area (Å²) in [6, 6.07) is 0.830. The fourth-order valence-corrected chi connectivity index (χ4v) is 3.81. The Morgan fingerprint density at radius 2 is 1.78 bits per heavy atom. The van der Waals surface area contributed by atoms with Gasteiger partial charge in [0.05, 0.1) is 0 Å².